The van der Waals surface area contributed by atoms with Crippen molar-refractivity contribution in [1.29, 1.82) is 0 Å². The lowest BCUT2D eigenvalue weighted by atomic mass is 10.4. The van der Waals surface area contributed by atoms with Gasteiger partial charge in [0.1, 0.15) is 0 Å². The van der Waals surface area contributed by atoms with Gasteiger partial charge < -0.3 is 0 Å². The standard InChI is InChI=1S/C13H18Si/c1-4-5-9-12-14(2,3)13-10-7-6-8-11-13/h4-11H,1,12H2,2-3H3. The predicted molar refractivity (Wildman–Crippen MR) is 67.7 cm³/mol. The van der Waals surface area contributed by atoms with E-state index < -0.39 is 8.07 Å². The van der Waals surface area contributed by atoms with Gasteiger partial charge in [-0.05, 0) is 6.04 Å². The molecule has 0 atom stereocenters. The van der Waals surface area contributed by atoms with Gasteiger partial charge in [-0.15, -0.1) is 0 Å². The Labute approximate surface area is 88.0 Å². The van der Waals surface area contributed by atoms with E-state index in [1.165, 1.54) is 11.2 Å². The lowest BCUT2D eigenvalue weighted by Crippen LogP contribution is -2.40. The molecular formula is C13H18Si. The van der Waals surface area contributed by atoms with Crippen molar-refractivity contribution in [2.75, 3.05) is 0 Å². The van der Waals surface area contributed by atoms with E-state index >= 15 is 0 Å². The fourth-order valence-corrected chi connectivity index (χ4v) is 3.52. The molecule has 0 aliphatic carbocycles. The number of benzene rings is 1. The van der Waals surface area contributed by atoms with E-state index in [1.54, 1.807) is 0 Å². The lowest BCUT2D eigenvalue weighted by molar-refractivity contribution is 1.53. The first kappa shape index (κ1) is 11.0. The highest BCUT2D eigenvalue weighted by Crippen LogP contribution is 2.10. The van der Waals surface area contributed by atoms with Crippen molar-refractivity contribution in [2.45, 2.75) is 19.1 Å². The highest BCUT2D eigenvalue weighted by Gasteiger charge is 2.20. The second-order valence-electron chi connectivity index (χ2n) is 4.12. The molecule has 0 amide bonds. The predicted octanol–water partition coefficient (Wildman–Crippen LogP) is 3.34. The van der Waals surface area contributed by atoms with Crippen LogP contribution in [-0.4, -0.2) is 8.07 Å². The molecule has 0 fully saturated rings. The first-order chi connectivity index (χ1) is 6.67. The Bertz CT molecular complexity index is 309. The van der Waals surface area contributed by atoms with E-state index in [9.17, 15) is 0 Å². The number of allylic oxidation sites excluding steroid dienone is 3. The van der Waals surface area contributed by atoms with Crippen molar-refractivity contribution in [2.24, 2.45) is 0 Å². The molecule has 1 heteroatoms. The topological polar surface area (TPSA) is 0 Å². The van der Waals surface area contributed by atoms with Crippen LogP contribution in [0.4, 0.5) is 0 Å². The number of rotatable bonds is 4. The fourth-order valence-electron chi connectivity index (χ4n) is 1.47. The second kappa shape index (κ2) is 4.96. The first-order valence-corrected chi connectivity index (χ1v) is 8.20. The largest absolute Gasteiger partial charge is 0.0991 e. The molecule has 74 valence electrons. The average molecular weight is 202 g/mol. The molecule has 0 saturated heterocycles. The summed E-state index contributed by atoms with van der Waals surface area (Å²) in [6.07, 6.45) is 6.11. The third-order valence-corrected chi connectivity index (χ3v) is 5.61. The minimum absolute atomic E-state index is 1.18. The van der Waals surface area contributed by atoms with Crippen LogP contribution in [0.2, 0.25) is 19.1 Å². The van der Waals surface area contributed by atoms with E-state index in [0.717, 1.165) is 0 Å². The van der Waals surface area contributed by atoms with Crippen LogP contribution in [0, 0.1) is 0 Å². The van der Waals surface area contributed by atoms with Gasteiger partial charge >= 0.3 is 0 Å². The summed E-state index contributed by atoms with van der Waals surface area (Å²) in [5.41, 5.74) is 0. The van der Waals surface area contributed by atoms with E-state index in [-0.39, 0.29) is 0 Å². The van der Waals surface area contributed by atoms with Gasteiger partial charge in [0.05, 0.1) is 8.07 Å². The molecule has 0 radical (unpaired) electrons. The van der Waals surface area contributed by atoms with Crippen LogP contribution in [0.3, 0.4) is 0 Å². The van der Waals surface area contributed by atoms with Crippen LogP contribution < -0.4 is 5.19 Å². The first-order valence-electron chi connectivity index (χ1n) is 5.00. The molecule has 0 aliphatic rings. The SMILES string of the molecule is C=CC=CC[Si](C)(C)c1ccccc1. The Hall–Kier alpha value is -1.08. The molecule has 0 unspecified atom stereocenters. The molecule has 1 aromatic rings. The molecule has 0 aliphatic heterocycles. The van der Waals surface area contributed by atoms with Gasteiger partial charge in [-0.1, -0.05) is 73.4 Å². The molecule has 1 rings (SSSR count). The van der Waals surface area contributed by atoms with Crippen molar-refractivity contribution in [3.8, 4) is 0 Å². The summed E-state index contributed by atoms with van der Waals surface area (Å²) in [5.74, 6) is 0. The molecular weight excluding hydrogens is 184 g/mol. The summed E-state index contributed by atoms with van der Waals surface area (Å²) in [5, 5.41) is 1.52. The van der Waals surface area contributed by atoms with Crippen LogP contribution in [0.25, 0.3) is 0 Å². The van der Waals surface area contributed by atoms with Crippen LogP contribution >= 0.6 is 0 Å². The quantitative estimate of drug-likeness (QED) is 0.519. The second-order valence-corrected chi connectivity index (χ2v) is 8.87. The van der Waals surface area contributed by atoms with Crippen molar-refractivity contribution < 1.29 is 0 Å². The minimum Gasteiger partial charge on any atom is -0.0991 e. The smallest absolute Gasteiger partial charge is 0.0843 e. The van der Waals surface area contributed by atoms with E-state index in [0.29, 0.717) is 0 Å². The summed E-state index contributed by atoms with van der Waals surface area (Å²) in [7, 11) is -1.25. The summed E-state index contributed by atoms with van der Waals surface area (Å²) in [6.45, 7) is 8.48. The normalized spacial score (nSPS) is 11.9. The number of hydrogen-bond donors (Lipinski definition) is 0. The summed E-state index contributed by atoms with van der Waals surface area (Å²) >= 11 is 0. The zero-order chi connectivity index (χ0) is 10.4. The molecule has 0 nitrogen and oxygen atoms in total. The number of hydrogen-bond acceptors (Lipinski definition) is 0. The molecule has 14 heavy (non-hydrogen) atoms. The Morgan fingerprint density at radius 1 is 1.21 bits per heavy atom. The van der Waals surface area contributed by atoms with E-state index in [4.69, 9.17) is 0 Å². The third kappa shape index (κ3) is 3.00. The Morgan fingerprint density at radius 2 is 1.86 bits per heavy atom. The summed E-state index contributed by atoms with van der Waals surface area (Å²) in [4.78, 5) is 0. The van der Waals surface area contributed by atoms with Crippen molar-refractivity contribution in [3.05, 3.63) is 55.1 Å². The van der Waals surface area contributed by atoms with Gasteiger partial charge in [0.2, 0.25) is 0 Å². The van der Waals surface area contributed by atoms with Crippen molar-refractivity contribution >= 4 is 13.3 Å². The van der Waals surface area contributed by atoms with Crippen molar-refractivity contribution in [3.63, 3.8) is 0 Å². The lowest BCUT2D eigenvalue weighted by Gasteiger charge is -2.20. The van der Waals surface area contributed by atoms with Gasteiger partial charge in [-0.2, -0.15) is 0 Å². The maximum absolute atomic E-state index is 3.68. The van der Waals surface area contributed by atoms with Crippen molar-refractivity contribution in [1.82, 2.24) is 0 Å². The third-order valence-electron chi connectivity index (χ3n) is 2.46. The van der Waals surface area contributed by atoms with Gasteiger partial charge in [-0.25, -0.2) is 0 Å². The summed E-state index contributed by atoms with van der Waals surface area (Å²) < 4.78 is 0. The van der Waals surface area contributed by atoms with E-state index in [1.807, 2.05) is 12.2 Å². The van der Waals surface area contributed by atoms with Gasteiger partial charge in [0.15, 0.2) is 0 Å². The Morgan fingerprint density at radius 3 is 2.43 bits per heavy atom. The van der Waals surface area contributed by atoms with Crippen LogP contribution in [0.15, 0.2) is 55.1 Å². The summed E-state index contributed by atoms with van der Waals surface area (Å²) in [6, 6.07) is 12.0. The average Bonchev–Trinajstić information content (AvgIpc) is 2.19. The van der Waals surface area contributed by atoms with Gasteiger partial charge in [-0.3, -0.25) is 0 Å². The highest BCUT2D eigenvalue weighted by molar-refractivity contribution is 6.90. The Balaban J connectivity index is 2.75. The molecule has 0 bridgehead atoms. The molecule has 0 saturated carbocycles. The maximum atomic E-state index is 3.68. The zero-order valence-electron chi connectivity index (χ0n) is 9.03. The minimum atomic E-state index is -1.25. The zero-order valence-corrected chi connectivity index (χ0v) is 10.0. The Kier molecular flexibility index (Phi) is 3.90. The monoisotopic (exact) mass is 202 g/mol. The molecule has 0 aromatic heterocycles. The van der Waals surface area contributed by atoms with Crippen LogP contribution in [0.5, 0.6) is 0 Å². The molecule has 0 N–H and O–H groups in total. The highest BCUT2D eigenvalue weighted by atomic mass is 28.3. The van der Waals surface area contributed by atoms with Crippen LogP contribution in [0.1, 0.15) is 0 Å². The molecule has 1 aromatic carbocycles. The fraction of sp³-hybridized carbons (Fsp3) is 0.231. The van der Waals surface area contributed by atoms with Crippen LogP contribution in [-0.2, 0) is 0 Å². The van der Waals surface area contributed by atoms with Gasteiger partial charge in [0.25, 0.3) is 0 Å². The van der Waals surface area contributed by atoms with Gasteiger partial charge in [0, 0.05) is 0 Å². The maximum Gasteiger partial charge on any atom is 0.0843 e. The molecule has 0 spiro atoms. The molecule has 0 heterocycles. The van der Waals surface area contributed by atoms with E-state index in [2.05, 4.69) is 56.1 Å².